The van der Waals surface area contributed by atoms with Crippen molar-refractivity contribution in [2.24, 2.45) is 0 Å². The molecule has 1 rings (SSSR count). The summed E-state index contributed by atoms with van der Waals surface area (Å²) in [5, 5.41) is 3.14. The number of benzene rings is 1. The number of likely N-dealkylation sites (N-methyl/N-ethyl adjacent to an activating group) is 1. The first-order valence-corrected chi connectivity index (χ1v) is 5.96. The smallest absolute Gasteiger partial charge is 0.0750 e. The fourth-order valence-corrected chi connectivity index (χ4v) is 1.75. The Bertz CT molecular complexity index is 282. The van der Waals surface area contributed by atoms with Gasteiger partial charge in [-0.3, -0.25) is 0 Å². The minimum Gasteiger partial charge on any atom is -0.374 e. The highest BCUT2D eigenvalue weighted by Crippen LogP contribution is 2.09. The fraction of sp³-hybridized carbons (Fsp3) is 0.571. The lowest BCUT2D eigenvalue weighted by atomic mass is 10.1. The van der Waals surface area contributed by atoms with Gasteiger partial charge in [0.25, 0.3) is 0 Å². The molecule has 0 bridgehead atoms. The molecule has 0 spiro atoms. The Labute approximate surface area is 99.0 Å². The van der Waals surface area contributed by atoms with Crippen LogP contribution in [0.1, 0.15) is 25.8 Å². The average molecular weight is 221 g/mol. The van der Waals surface area contributed by atoms with Crippen LogP contribution in [0.4, 0.5) is 0 Å². The van der Waals surface area contributed by atoms with Crippen molar-refractivity contribution < 1.29 is 4.74 Å². The van der Waals surface area contributed by atoms with E-state index in [1.807, 2.05) is 7.05 Å². The Morgan fingerprint density at radius 3 is 2.50 bits per heavy atom. The molecule has 0 radical (unpaired) electrons. The van der Waals surface area contributed by atoms with Crippen molar-refractivity contribution in [3.63, 3.8) is 0 Å². The maximum atomic E-state index is 5.83. The van der Waals surface area contributed by atoms with E-state index in [9.17, 15) is 0 Å². The normalized spacial score (nSPS) is 11.7. The first-order chi connectivity index (χ1) is 7.64. The van der Waals surface area contributed by atoms with Gasteiger partial charge in [-0.1, -0.05) is 30.3 Å². The van der Waals surface area contributed by atoms with E-state index in [1.54, 1.807) is 0 Å². The van der Waals surface area contributed by atoms with Gasteiger partial charge in [-0.05, 0) is 39.3 Å². The van der Waals surface area contributed by atoms with E-state index >= 15 is 0 Å². The highest BCUT2D eigenvalue weighted by Gasteiger charge is 2.16. The van der Waals surface area contributed by atoms with Gasteiger partial charge in [0.05, 0.1) is 5.60 Å². The summed E-state index contributed by atoms with van der Waals surface area (Å²) in [7, 11) is 1.95. The highest BCUT2D eigenvalue weighted by atomic mass is 16.5. The summed E-state index contributed by atoms with van der Waals surface area (Å²) in [4.78, 5) is 0. The summed E-state index contributed by atoms with van der Waals surface area (Å²) in [6.45, 7) is 5.94. The maximum absolute atomic E-state index is 5.83. The van der Waals surface area contributed by atoms with Crippen LogP contribution in [0, 0.1) is 0 Å². The summed E-state index contributed by atoms with van der Waals surface area (Å²) >= 11 is 0. The Morgan fingerprint density at radius 1 is 1.19 bits per heavy atom. The molecule has 0 unspecified atom stereocenters. The number of aryl methyl sites for hydroxylation is 1. The van der Waals surface area contributed by atoms with E-state index in [2.05, 4.69) is 49.5 Å². The van der Waals surface area contributed by atoms with E-state index in [1.165, 1.54) is 5.56 Å². The zero-order chi connectivity index (χ0) is 11.9. The van der Waals surface area contributed by atoms with Crippen molar-refractivity contribution >= 4 is 0 Å². The van der Waals surface area contributed by atoms with Crippen LogP contribution in [0.15, 0.2) is 30.3 Å². The molecule has 0 saturated heterocycles. The van der Waals surface area contributed by atoms with Crippen molar-refractivity contribution in [3.8, 4) is 0 Å². The minimum absolute atomic E-state index is 0.0640. The largest absolute Gasteiger partial charge is 0.374 e. The van der Waals surface area contributed by atoms with Crippen molar-refractivity contribution in [1.82, 2.24) is 5.32 Å². The molecule has 1 aromatic carbocycles. The van der Waals surface area contributed by atoms with E-state index in [0.29, 0.717) is 0 Å². The molecular formula is C14H23NO. The second-order valence-corrected chi connectivity index (χ2v) is 4.73. The molecule has 16 heavy (non-hydrogen) atoms. The number of ether oxygens (including phenoxy) is 1. The molecule has 0 aromatic heterocycles. The van der Waals surface area contributed by atoms with Crippen LogP contribution in [0.25, 0.3) is 0 Å². The second kappa shape index (κ2) is 6.66. The van der Waals surface area contributed by atoms with Gasteiger partial charge in [-0.2, -0.15) is 0 Å². The molecule has 0 atom stereocenters. The average Bonchev–Trinajstić information content (AvgIpc) is 2.26. The molecule has 0 aliphatic heterocycles. The lowest BCUT2D eigenvalue weighted by Crippen LogP contribution is -2.36. The van der Waals surface area contributed by atoms with Gasteiger partial charge in [-0.25, -0.2) is 0 Å². The quantitative estimate of drug-likeness (QED) is 0.715. The van der Waals surface area contributed by atoms with E-state index in [4.69, 9.17) is 4.74 Å². The monoisotopic (exact) mass is 221 g/mol. The fourth-order valence-electron chi connectivity index (χ4n) is 1.75. The summed E-state index contributed by atoms with van der Waals surface area (Å²) in [6, 6.07) is 10.6. The molecule has 1 N–H and O–H groups in total. The molecule has 0 amide bonds. The van der Waals surface area contributed by atoms with Gasteiger partial charge >= 0.3 is 0 Å². The third-order valence-corrected chi connectivity index (χ3v) is 2.55. The molecule has 2 nitrogen and oxygen atoms in total. The summed E-state index contributed by atoms with van der Waals surface area (Å²) < 4.78 is 5.83. The van der Waals surface area contributed by atoms with Crippen molar-refractivity contribution in [2.75, 3.05) is 20.2 Å². The SMILES string of the molecule is CNCC(C)(C)OCCCc1ccccc1. The first-order valence-electron chi connectivity index (χ1n) is 5.96. The van der Waals surface area contributed by atoms with Gasteiger partial charge in [0.1, 0.15) is 0 Å². The van der Waals surface area contributed by atoms with Crippen LogP contribution in [0.2, 0.25) is 0 Å². The van der Waals surface area contributed by atoms with Crippen LogP contribution in [0.5, 0.6) is 0 Å². The van der Waals surface area contributed by atoms with Gasteiger partial charge in [0, 0.05) is 13.2 Å². The summed E-state index contributed by atoms with van der Waals surface area (Å²) in [6.07, 6.45) is 2.17. The predicted octanol–water partition coefficient (Wildman–Crippen LogP) is 2.63. The topological polar surface area (TPSA) is 21.3 Å². The van der Waals surface area contributed by atoms with Gasteiger partial charge in [0.15, 0.2) is 0 Å². The predicted molar refractivity (Wildman–Crippen MR) is 68.7 cm³/mol. The van der Waals surface area contributed by atoms with Crippen molar-refractivity contribution in [1.29, 1.82) is 0 Å². The number of hydrogen-bond acceptors (Lipinski definition) is 2. The maximum Gasteiger partial charge on any atom is 0.0750 e. The van der Waals surface area contributed by atoms with Crippen LogP contribution < -0.4 is 5.32 Å². The van der Waals surface area contributed by atoms with Crippen LogP contribution in [-0.4, -0.2) is 25.8 Å². The molecule has 1 aromatic rings. The second-order valence-electron chi connectivity index (χ2n) is 4.73. The van der Waals surface area contributed by atoms with Crippen molar-refractivity contribution in [3.05, 3.63) is 35.9 Å². The Hall–Kier alpha value is -0.860. The minimum atomic E-state index is -0.0640. The van der Waals surface area contributed by atoms with Gasteiger partial charge < -0.3 is 10.1 Å². The molecule has 0 fully saturated rings. The van der Waals surface area contributed by atoms with E-state index in [-0.39, 0.29) is 5.60 Å². The summed E-state index contributed by atoms with van der Waals surface area (Å²) in [5.41, 5.74) is 1.32. The van der Waals surface area contributed by atoms with Crippen LogP contribution >= 0.6 is 0 Å². The highest BCUT2D eigenvalue weighted by molar-refractivity contribution is 5.14. The Balaban J connectivity index is 2.17. The summed E-state index contributed by atoms with van der Waals surface area (Å²) in [5.74, 6) is 0. The number of rotatable bonds is 7. The van der Waals surface area contributed by atoms with E-state index < -0.39 is 0 Å². The van der Waals surface area contributed by atoms with Gasteiger partial charge in [-0.15, -0.1) is 0 Å². The molecule has 0 saturated carbocycles. The molecule has 0 aliphatic rings. The first kappa shape index (κ1) is 13.2. The Morgan fingerprint density at radius 2 is 1.88 bits per heavy atom. The molecule has 2 heteroatoms. The molecule has 0 heterocycles. The molecule has 90 valence electrons. The third kappa shape index (κ3) is 5.29. The standard InChI is InChI=1S/C14H23NO/c1-14(2,12-15-3)16-11-7-10-13-8-5-4-6-9-13/h4-6,8-9,15H,7,10-12H2,1-3H3. The van der Waals surface area contributed by atoms with Gasteiger partial charge in [0.2, 0.25) is 0 Å². The van der Waals surface area contributed by atoms with Crippen LogP contribution in [0.3, 0.4) is 0 Å². The van der Waals surface area contributed by atoms with Crippen LogP contribution in [-0.2, 0) is 11.2 Å². The number of nitrogens with one attached hydrogen (secondary N) is 1. The molecular weight excluding hydrogens is 198 g/mol. The zero-order valence-corrected chi connectivity index (χ0v) is 10.6. The third-order valence-electron chi connectivity index (χ3n) is 2.55. The van der Waals surface area contributed by atoms with E-state index in [0.717, 1.165) is 26.0 Å². The van der Waals surface area contributed by atoms with Crippen molar-refractivity contribution in [2.45, 2.75) is 32.3 Å². The Kier molecular flexibility index (Phi) is 5.50. The molecule has 0 aliphatic carbocycles. The lowest BCUT2D eigenvalue weighted by molar-refractivity contribution is -0.0160. The zero-order valence-electron chi connectivity index (χ0n) is 10.6. The number of hydrogen-bond donors (Lipinski definition) is 1. The lowest BCUT2D eigenvalue weighted by Gasteiger charge is -2.24.